The van der Waals surface area contributed by atoms with Gasteiger partial charge in [-0.2, -0.15) is 0 Å². The van der Waals surface area contributed by atoms with Crippen molar-refractivity contribution in [2.45, 2.75) is 52.0 Å². The quantitative estimate of drug-likeness (QED) is 0.235. The van der Waals surface area contributed by atoms with Crippen LogP contribution in [0.5, 0.6) is 0 Å². The van der Waals surface area contributed by atoms with Gasteiger partial charge in [0.05, 0.1) is 0 Å². The smallest absolute Gasteiger partial charge is 0.679 e. The number of hydrogen-bond acceptors (Lipinski definition) is 2. The van der Waals surface area contributed by atoms with E-state index in [0.717, 1.165) is 22.5 Å². The second-order valence-electron chi connectivity index (χ2n) is 8.83. The van der Waals surface area contributed by atoms with E-state index in [1.165, 1.54) is 0 Å². The van der Waals surface area contributed by atoms with Crippen LogP contribution in [0.4, 0.5) is 11.4 Å². The summed E-state index contributed by atoms with van der Waals surface area (Å²) in [6.45, 7) is 6.89. The number of aliphatic hydroxyl groups excluding tert-OH is 2. The van der Waals surface area contributed by atoms with Crippen LogP contribution in [-0.2, 0) is 21.7 Å². The maximum Gasteiger partial charge on any atom is 2.00 e. The van der Waals surface area contributed by atoms with Crippen LogP contribution in [0, 0.1) is 0 Å². The fourth-order valence-corrected chi connectivity index (χ4v) is 3.30. The molecular weight excluding hydrogens is 492 g/mol. The number of nitrogens with zero attached hydrogens (tertiary/aromatic N) is 2. The molecule has 2 unspecified atom stereocenters. The van der Waals surface area contributed by atoms with Gasteiger partial charge in [-0.1, -0.05) is 132 Å². The molecule has 4 nitrogen and oxygen atoms in total. The Balaban J connectivity index is 0.000000671. The number of hydrogen-bond donors (Lipinski definition) is 2. The molecule has 0 fully saturated rings. The van der Waals surface area contributed by atoms with Crippen LogP contribution in [0.3, 0.4) is 0 Å². The van der Waals surface area contributed by atoms with Gasteiger partial charge in [0.1, 0.15) is 0 Å². The Morgan fingerprint density at radius 1 is 0.432 bits per heavy atom. The van der Waals surface area contributed by atoms with E-state index in [0.29, 0.717) is 0 Å². The standard InChI is InChI=1S/C26H22N2.2C3H8O.Ti/c1-5-13-21(14-6-1)25(27-23-17-9-3-10-18-23)26(22-15-7-2-8-16-22)28-24-19-11-4-12-20-24;2*1-3(2)4;/h1-20,25-26H;2*3-4H,1-2H3;/q-2;;;+2. The predicted molar refractivity (Wildman–Crippen MR) is 152 cm³/mol. The van der Waals surface area contributed by atoms with Crippen LogP contribution >= 0.6 is 0 Å². The molecular formula is C32H38N2O2Ti. The molecule has 37 heavy (non-hydrogen) atoms. The maximum absolute atomic E-state index is 8.06. The largest absolute Gasteiger partial charge is 2.00 e. The van der Waals surface area contributed by atoms with Crippen LogP contribution in [-0.4, -0.2) is 22.4 Å². The van der Waals surface area contributed by atoms with Crippen molar-refractivity contribution in [1.82, 2.24) is 0 Å². The summed E-state index contributed by atoms with van der Waals surface area (Å²) in [7, 11) is 0. The summed E-state index contributed by atoms with van der Waals surface area (Å²) in [4.78, 5) is 0. The summed E-state index contributed by atoms with van der Waals surface area (Å²) in [6.07, 6.45) is -0.333. The average Bonchev–Trinajstić information content (AvgIpc) is 2.88. The first-order valence-corrected chi connectivity index (χ1v) is 12.3. The van der Waals surface area contributed by atoms with Crippen LogP contribution < -0.4 is 0 Å². The molecule has 0 heterocycles. The molecule has 0 amide bonds. The van der Waals surface area contributed by atoms with Crippen molar-refractivity contribution >= 4 is 11.4 Å². The van der Waals surface area contributed by atoms with Gasteiger partial charge in [0.2, 0.25) is 0 Å². The van der Waals surface area contributed by atoms with Gasteiger partial charge in [-0.15, -0.1) is 23.5 Å². The number of aliphatic hydroxyl groups is 2. The predicted octanol–water partition coefficient (Wildman–Crippen LogP) is 8.65. The summed E-state index contributed by atoms with van der Waals surface area (Å²) in [5.74, 6) is 0. The van der Waals surface area contributed by atoms with Crippen molar-refractivity contribution < 1.29 is 31.9 Å². The average molecular weight is 531 g/mol. The van der Waals surface area contributed by atoms with E-state index in [1.54, 1.807) is 27.7 Å². The van der Waals surface area contributed by atoms with Crippen LogP contribution in [0.2, 0.25) is 0 Å². The van der Waals surface area contributed by atoms with E-state index in [-0.39, 0.29) is 46.0 Å². The minimum absolute atomic E-state index is 0. The normalized spacial score (nSPS) is 11.6. The molecule has 192 valence electrons. The molecule has 4 aromatic carbocycles. The number of benzene rings is 4. The number of rotatable bonds is 7. The summed E-state index contributed by atoms with van der Waals surface area (Å²) in [6, 6.07) is 40.9. The molecule has 0 aliphatic carbocycles. The second kappa shape index (κ2) is 18.4. The van der Waals surface area contributed by atoms with Crippen LogP contribution in [0.1, 0.15) is 50.9 Å². The van der Waals surface area contributed by atoms with E-state index < -0.39 is 0 Å². The topological polar surface area (TPSA) is 68.7 Å². The Morgan fingerprint density at radius 2 is 0.649 bits per heavy atom. The van der Waals surface area contributed by atoms with Crippen molar-refractivity contribution in [2.75, 3.05) is 0 Å². The van der Waals surface area contributed by atoms with Gasteiger partial charge >= 0.3 is 21.7 Å². The summed E-state index contributed by atoms with van der Waals surface area (Å²) in [5.41, 5.74) is 4.22. The fourth-order valence-electron chi connectivity index (χ4n) is 3.30. The van der Waals surface area contributed by atoms with E-state index >= 15 is 0 Å². The zero-order valence-corrected chi connectivity index (χ0v) is 23.7. The molecule has 5 heteroatoms. The molecule has 0 saturated heterocycles. The van der Waals surface area contributed by atoms with Gasteiger partial charge in [-0.3, -0.25) is 0 Å². The second-order valence-corrected chi connectivity index (χ2v) is 8.83. The first kappa shape index (κ1) is 32.1. The minimum Gasteiger partial charge on any atom is -0.679 e. The van der Waals surface area contributed by atoms with E-state index in [9.17, 15) is 0 Å². The van der Waals surface area contributed by atoms with Gasteiger partial charge in [0.15, 0.2) is 0 Å². The van der Waals surface area contributed by atoms with Crippen molar-refractivity contribution in [2.24, 2.45) is 0 Å². The molecule has 2 atom stereocenters. The number of para-hydroxylation sites is 2. The van der Waals surface area contributed by atoms with Crippen molar-refractivity contribution in [3.63, 3.8) is 0 Å². The Bertz CT molecular complexity index is 968. The van der Waals surface area contributed by atoms with Crippen molar-refractivity contribution in [3.8, 4) is 0 Å². The van der Waals surface area contributed by atoms with Crippen molar-refractivity contribution in [1.29, 1.82) is 0 Å². The van der Waals surface area contributed by atoms with Crippen LogP contribution in [0.25, 0.3) is 10.6 Å². The molecule has 4 aromatic rings. The molecule has 0 radical (unpaired) electrons. The summed E-state index contributed by atoms with van der Waals surface area (Å²) >= 11 is 0. The molecule has 4 rings (SSSR count). The molecule has 0 aliphatic rings. The molecule has 0 bridgehead atoms. The van der Waals surface area contributed by atoms with Crippen molar-refractivity contribution in [3.05, 3.63) is 143 Å². The third-order valence-electron chi connectivity index (χ3n) is 4.67. The molecule has 0 saturated carbocycles. The third-order valence-corrected chi connectivity index (χ3v) is 4.67. The first-order valence-electron chi connectivity index (χ1n) is 12.3. The van der Waals surface area contributed by atoms with Crippen LogP contribution in [0.15, 0.2) is 121 Å². The van der Waals surface area contributed by atoms with Gasteiger partial charge in [0.25, 0.3) is 0 Å². The monoisotopic (exact) mass is 530 g/mol. The van der Waals surface area contributed by atoms with Gasteiger partial charge in [0, 0.05) is 12.2 Å². The Labute approximate surface area is 237 Å². The van der Waals surface area contributed by atoms with Gasteiger partial charge in [-0.05, 0) is 27.7 Å². The zero-order chi connectivity index (χ0) is 26.2. The van der Waals surface area contributed by atoms with E-state index in [4.69, 9.17) is 20.8 Å². The van der Waals surface area contributed by atoms with E-state index in [1.807, 2.05) is 72.8 Å². The Kier molecular flexibility index (Phi) is 16.0. The first-order chi connectivity index (χ1) is 17.4. The third kappa shape index (κ3) is 13.3. The Morgan fingerprint density at radius 3 is 0.892 bits per heavy atom. The molecule has 0 spiro atoms. The zero-order valence-electron chi connectivity index (χ0n) is 22.1. The van der Waals surface area contributed by atoms with Gasteiger partial charge in [-0.25, -0.2) is 0 Å². The van der Waals surface area contributed by atoms with E-state index in [2.05, 4.69) is 48.5 Å². The fraction of sp³-hybridized carbons (Fsp3) is 0.250. The van der Waals surface area contributed by atoms with Gasteiger partial charge < -0.3 is 20.8 Å². The SMILES string of the molecule is CC(C)O.CC(C)O.[Ti+2].c1ccc([N-]C(c2ccccc2)C([N-]c2ccccc2)c2ccccc2)cc1. The maximum atomic E-state index is 8.06. The molecule has 0 aromatic heterocycles. The Hall–Kier alpha value is -2.89. The molecule has 2 N–H and O–H groups in total. The summed E-state index contributed by atoms with van der Waals surface area (Å²) < 4.78 is 0. The summed E-state index contributed by atoms with van der Waals surface area (Å²) in [5, 5.41) is 26.3. The molecule has 0 aliphatic heterocycles. The minimum atomic E-state index is -0.167.